The van der Waals surface area contributed by atoms with Crippen LogP contribution in [0.1, 0.15) is 28.3 Å². The van der Waals surface area contributed by atoms with Crippen LogP contribution in [0, 0.1) is 6.92 Å². The molecule has 1 aromatic carbocycles. The van der Waals surface area contributed by atoms with Gasteiger partial charge in [0.2, 0.25) is 5.78 Å². The van der Waals surface area contributed by atoms with Crippen LogP contribution in [0.25, 0.3) is 0 Å². The number of fused-ring (bicyclic) bond motifs is 2. The van der Waals surface area contributed by atoms with Gasteiger partial charge < -0.3 is 24.1 Å². The van der Waals surface area contributed by atoms with E-state index in [9.17, 15) is 19.5 Å². The molecule has 1 saturated heterocycles. The number of furan rings is 1. The van der Waals surface area contributed by atoms with Crippen molar-refractivity contribution in [2.24, 2.45) is 0 Å². The minimum Gasteiger partial charge on any atom is -0.503 e. The molecule has 3 aliphatic rings. The van der Waals surface area contributed by atoms with Crippen LogP contribution in [-0.2, 0) is 19.9 Å². The summed E-state index contributed by atoms with van der Waals surface area (Å²) in [5.41, 5.74) is -0.901. The van der Waals surface area contributed by atoms with E-state index in [1.807, 2.05) is 0 Å². The number of Topliss-reactive ketones (excluding diaryl/α,β-unsaturated/α-hetero) is 1. The van der Waals surface area contributed by atoms with Crippen LogP contribution in [0.2, 0.25) is 0 Å². The molecule has 2 aromatic rings. The number of rotatable bonds is 6. The third kappa shape index (κ3) is 3.19. The molecule has 5 rings (SSSR count). The Morgan fingerprint density at radius 2 is 1.82 bits per heavy atom. The number of ketones is 1. The van der Waals surface area contributed by atoms with Gasteiger partial charge >= 0.3 is 0 Å². The third-order valence-corrected chi connectivity index (χ3v) is 6.87. The molecule has 1 aromatic heterocycles. The molecule has 2 amide bonds. The summed E-state index contributed by atoms with van der Waals surface area (Å²) < 4.78 is 10.9. The summed E-state index contributed by atoms with van der Waals surface area (Å²) in [4.78, 5) is 45.9. The number of hydrogen-bond acceptors (Lipinski definition) is 7. The lowest BCUT2D eigenvalue weighted by molar-refractivity contribution is -0.139. The lowest BCUT2D eigenvalue weighted by atomic mass is 9.81. The molecule has 0 saturated carbocycles. The van der Waals surface area contributed by atoms with Gasteiger partial charge in [-0.25, -0.2) is 0 Å². The van der Waals surface area contributed by atoms with Crippen LogP contribution in [0.3, 0.4) is 0 Å². The van der Waals surface area contributed by atoms with Crippen LogP contribution in [0.15, 0.2) is 52.1 Å². The first kappa shape index (κ1) is 22.4. The number of morpholine rings is 1. The monoisotopic (exact) mass is 465 g/mol. The van der Waals surface area contributed by atoms with Crippen LogP contribution in [0.5, 0.6) is 0 Å². The first-order chi connectivity index (χ1) is 16.4. The second-order valence-corrected chi connectivity index (χ2v) is 8.82. The molecule has 4 heterocycles. The lowest BCUT2D eigenvalue weighted by Gasteiger charge is -2.36. The normalized spacial score (nSPS) is 22.9. The molecule has 0 bridgehead atoms. The Hall–Kier alpha value is -3.43. The minimum absolute atomic E-state index is 0.0266. The molecule has 3 aliphatic heterocycles. The van der Waals surface area contributed by atoms with Crippen molar-refractivity contribution in [1.29, 1.82) is 0 Å². The van der Waals surface area contributed by atoms with Crippen molar-refractivity contribution in [3.63, 3.8) is 0 Å². The van der Waals surface area contributed by atoms with Crippen LogP contribution < -0.4 is 4.90 Å². The Kier molecular flexibility index (Phi) is 5.53. The van der Waals surface area contributed by atoms with Gasteiger partial charge in [-0.05, 0) is 31.5 Å². The van der Waals surface area contributed by atoms with E-state index in [0.717, 1.165) is 13.1 Å². The number of likely N-dealkylation sites (N-methyl/N-ethyl adjacent to an activating group) is 1. The molecule has 9 nitrogen and oxygen atoms in total. The summed E-state index contributed by atoms with van der Waals surface area (Å²) in [7, 11) is 1.61. The van der Waals surface area contributed by atoms with E-state index in [1.165, 1.54) is 15.9 Å². The van der Waals surface area contributed by atoms with Gasteiger partial charge in [0.25, 0.3) is 11.8 Å². The van der Waals surface area contributed by atoms with Crippen LogP contribution in [0.4, 0.5) is 5.69 Å². The summed E-state index contributed by atoms with van der Waals surface area (Å²) in [5.74, 6) is -2.08. The van der Waals surface area contributed by atoms with Gasteiger partial charge in [0.15, 0.2) is 17.1 Å². The number of aliphatic hydroxyl groups is 1. The first-order valence-corrected chi connectivity index (χ1v) is 11.4. The summed E-state index contributed by atoms with van der Waals surface area (Å²) in [5, 5.41) is 11.0. The van der Waals surface area contributed by atoms with Crippen molar-refractivity contribution < 1.29 is 28.6 Å². The fraction of sp³-hybridized carbons (Fsp3) is 0.400. The summed E-state index contributed by atoms with van der Waals surface area (Å²) in [6.07, 6.45) is 0.571. The fourth-order valence-electron chi connectivity index (χ4n) is 5.23. The van der Waals surface area contributed by atoms with E-state index in [2.05, 4.69) is 4.90 Å². The van der Waals surface area contributed by atoms with E-state index in [4.69, 9.17) is 9.15 Å². The van der Waals surface area contributed by atoms with Gasteiger partial charge in [0.05, 0.1) is 18.8 Å². The predicted octanol–water partition coefficient (Wildman–Crippen LogP) is 2.02. The number of hydrogen-bond donors (Lipinski definition) is 1. The number of aliphatic hydroxyl groups excluding tert-OH is 1. The standard InChI is InChI=1S/C25H27N3O6/c1-16-8-9-19(34-16)21(29)20-22(30)23(31)28(11-5-10-27-12-14-33-15-13-27)25(20)17-6-3-4-7-18(17)26(2)24(25)32/h3-4,6-9,30H,5,10-15H2,1-2H3/t25-/m0/s1. The quantitative estimate of drug-likeness (QED) is 0.651. The Morgan fingerprint density at radius 1 is 1.09 bits per heavy atom. The number of ether oxygens (including phenoxy) is 1. The molecule has 9 heteroatoms. The zero-order valence-electron chi connectivity index (χ0n) is 19.2. The number of anilines is 1. The molecule has 1 fully saturated rings. The van der Waals surface area contributed by atoms with Gasteiger partial charge in [0, 0.05) is 44.5 Å². The number of benzene rings is 1. The maximum Gasteiger partial charge on any atom is 0.290 e. The Bertz CT molecular complexity index is 1190. The number of amides is 2. The SMILES string of the molecule is Cc1ccc(C(=O)C2=C(O)C(=O)N(CCCN3CCOCC3)[C@]23C(=O)N(C)c2ccccc23)o1. The molecule has 34 heavy (non-hydrogen) atoms. The Morgan fingerprint density at radius 3 is 2.53 bits per heavy atom. The summed E-state index contributed by atoms with van der Waals surface area (Å²) in [6.45, 7) is 5.52. The van der Waals surface area contributed by atoms with E-state index in [-0.39, 0.29) is 17.9 Å². The van der Waals surface area contributed by atoms with E-state index in [1.54, 1.807) is 44.3 Å². The zero-order chi connectivity index (χ0) is 24.0. The highest BCUT2D eigenvalue weighted by Gasteiger charge is 2.65. The fourth-order valence-corrected chi connectivity index (χ4v) is 5.23. The molecule has 1 N–H and O–H groups in total. The molecule has 0 radical (unpaired) electrons. The third-order valence-electron chi connectivity index (χ3n) is 6.87. The molecule has 178 valence electrons. The van der Waals surface area contributed by atoms with Gasteiger partial charge in [-0.2, -0.15) is 0 Å². The zero-order valence-corrected chi connectivity index (χ0v) is 19.2. The van der Waals surface area contributed by atoms with Crippen LogP contribution >= 0.6 is 0 Å². The smallest absolute Gasteiger partial charge is 0.290 e. The van der Waals surface area contributed by atoms with E-state index in [0.29, 0.717) is 43.2 Å². The predicted molar refractivity (Wildman–Crippen MR) is 123 cm³/mol. The minimum atomic E-state index is -1.74. The largest absolute Gasteiger partial charge is 0.503 e. The Labute approximate surface area is 197 Å². The van der Waals surface area contributed by atoms with Crippen molar-refractivity contribution in [1.82, 2.24) is 9.80 Å². The maximum absolute atomic E-state index is 13.9. The number of carbonyl (C=O) groups is 3. The lowest BCUT2D eigenvalue weighted by Crippen LogP contribution is -2.54. The van der Waals surface area contributed by atoms with Crippen LogP contribution in [-0.4, -0.2) is 78.9 Å². The average Bonchev–Trinajstić information content (AvgIpc) is 3.45. The van der Waals surface area contributed by atoms with Crippen molar-refractivity contribution >= 4 is 23.3 Å². The number of para-hydroxylation sites is 1. The topological polar surface area (TPSA) is 104 Å². The van der Waals surface area contributed by atoms with Crippen molar-refractivity contribution in [2.75, 3.05) is 51.3 Å². The van der Waals surface area contributed by atoms with Crippen molar-refractivity contribution in [2.45, 2.75) is 18.9 Å². The van der Waals surface area contributed by atoms with Gasteiger partial charge in [-0.3, -0.25) is 19.3 Å². The molecule has 1 atom stereocenters. The van der Waals surface area contributed by atoms with Crippen molar-refractivity contribution in [3.05, 3.63) is 64.8 Å². The first-order valence-electron chi connectivity index (χ1n) is 11.4. The Balaban J connectivity index is 1.58. The van der Waals surface area contributed by atoms with E-state index >= 15 is 0 Å². The number of carbonyl (C=O) groups excluding carboxylic acids is 3. The van der Waals surface area contributed by atoms with E-state index < -0.39 is 28.9 Å². The second-order valence-electron chi connectivity index (χ2n) is 8.82. The molecule has 0 unspecified atom stereocenters. The summed E-state index contributed by atoms with van der Waals surface area (Å²) >= 11 is 0. The molecule has 0 aliphatic carbocycles. The van der Waals surface area contributed by atoms with Gasteiger partial charge in [-0.15, -0.1) is 0 Å². The molecular weight excluding hydrogens is 438 g/mol. The molecule has 1 spiro atoms. The summed E-state index contributed by atoms with van der Waals surface area (Å²) in [6, 6.07) is 10.2. The van der Waals surface area contributed by atoms with Gasteiger partial charge in [0.1, 0.15) is 5.76 Å². The highest BCUT2D eigenvalue weighted by atomic mass is 16.5. The average molecular weight is 466 g/mol. The highest BCUT2D eigenvalue weighted by Crippen LogP contribution is 2.53. The maximum atomic E-state index is 13.9. The highest BCUT2D eigenvalue weighted by molar-refractivity contribution is 6.25. The second kappa shape index (κ2) is 8.41. The van der Waals surface area contributed by atoms with Crippen molar-refractivity contribution in [3.8, 4) is 0 Å². The van der Waals surface area contributed by atoms with Gasteiger partial charge in [-0.1, -0.05) is 18.2 Å². The number of aryl methyl sites for hydroxylation is 1. The molecular formula is C25H27N3O6. The number of nitrogens with zero attached hydrogens (tertiary/aromatic N) is 3.